The van der Waals surface area contributed by atoms with Gasteiger partial charge in [0.2, 0.25) is 0 Å². The molecule has 0 aliphatic carbocycles. The second-order valence-electron chi connectivity index (χ2n) is 4.47. The summed E-state index contributed by atoms with van der Waals surface area (Å²) in [7, 11) is 0. The van der Waals surface area contributed by atoms with Gasteiger partial charge in [0, 0.05) is 35.9 Å². The molecule has 3 aromatic heterocycles. The van der Waals surface area contributed by atoms with Crippen LogP contribution < -0.4 is 5.32 Å². The summed E-state index contributed by atoms with van der Waals surface area (Å²) in [6, 6.07) is 9.16. The van der Waals surface area contributed by atoms with Crippen molar-refractivity contribution >= 4 is 5.91 Å². The zero-order valence-electron chi connectivity index (χ0n) is 11.2. The Morgan fingerprint density at radius 3 is 2.76 bits per heavy atom. The number of furan rings is 1. The minimum absolute atomic E-state index is 0.190. The summed E-state index contributed by atoms with van der Waals surface area (Å²) in [5.41, 5.74) is 2.28. The van der Waals surface area contributed by atoms with Crippen LogP contribution in [0.2, 0.25) is 0 Å². The normalized spacial score (nSPS) is 10.3. The van der Waals surface area contributed by atoms with Gasteiger partial charge < -0.3 is 9.73 Å². The quantitative estimate of drug-likeness (QED) is 0.797. The zero-order chi connectivity index (χ0) is 14.5. The highest BCUT2D eigenvalue weighted by Gasteiger charge is 2.08. The van der Waals surface area contributed by atoms with Crippen molar-refractivity contribution in [3.05, 3.63) is 72.7 Å². The Morgan fingerprint density at radius 1 is 1.10 bits per heavy atom. The van der Waals surface area contributed by atoms with Crippen molar-refractivity contribution in [1.29, 1.82) is 0 Å². The van der Waals surface area contributed by atoms with Gasteiger partial charge >= 0.3 is 0 Å². The number of nitrogens with zero attached hydrogens (tertiary/aromatic N) is 2. The molecule has 3 rings (SSSR count). The summed E-state index contributed by atoms with van der Waals surface area (Å²) >= 11 is 0. The van der Waals surface area contributed by atoms with E-state index in [0.717, 1.165) is 11.1 Å². The monoisotopic (exact) mass is 279 g/mol. The Morgan fingerprint density at radius 2 is 2.00 bits per heavy atom. The van der Waals surface area contributed by atoms with Crippen LogP contribution in [0.1, 0.15) is 16.1 Å². The number of hydrogen-bond donors (Lipinski definition) is 1. The van der Waals surface area contributed by atoms with Crippen molar-refractivity contribution in [1.82, 2.24) is 15.3 Å². The lowest BCUT2D eigenvalue weighted by atomic mass is 10.1. The SMILES string of the molecule is O=C(NCc1ccco1)c1cncc(-c2cccnc2)c1. The molecule has 21 heavy (non-hydrogen) atoms. The molecule has 0 spiro atoms. The van der Waals surface area contributed by atoms with E-state index in [1.165, 1.54) is 6.20 Å². The summed E-state index contributed by atoms with van der Waals surface area (Å²) in [4.78, 5) is 20.3. The first kappa shape index (κ1) is 13.1. The fraction of sp³-hybridized carbons (Fsp3) is 0.0625. The highest BCUT2D eigenvalue weighted by molar-refractivity contribution is 5.94. The van der Waals surface area contributed by atoms with E-state index >= 15 is 0 Å². The highest BCUT2D eigenvalue weighted by Crippen LogP contribution is 2.17. The molecule has 104 valence electrons. The van der Waals surface area contributed by atoms with Crippen LogP contribution in [-0.4, -0.2) is 15.9 Å². The van der Waals surface area contributed by atoms with E-state index in [1.807, 2.05) is 18.2 Å². The van der Waals surface area contributed by atoms with Gasteiger partial charge in [-0.25, -0.2) is 0 Å². The molecule has 3 aromatic rings. The third kappa shape index (κ3) is 3.14. The molecule has 1 amide bonds. The van der Waals surface area contributed by atoms with E-state index in [-0.39, 0.29) is 5.91 Å². The third-order valence-electron chi connectivity index (χ3n) is 3.00. The van der Waals surface area contributed by atoms with Gasteiger partial charge in [0.15, 0.2) is 0 Å². The molecular weight excluding hydrogens is 266 g/mol. The molecule has 0 aliphatic heterocycles. The van der Waals surface area contributed by atoms with Gasteiger partial charge in [-0.3, -0.25) is 14.8 Å². The van der Waals surface area contributed by atoms with Crippen molar-refractivity contribution in [2.45, 2.75) is 6.54 Å². The average Bonchev–Trinajstić information content (AvgIpc) is 3.07. The molecule has 0 saturated heterocycles. The Balaban J connectivity index is 1.75. The van der Waals surface area contributed by atoms with Crippen LogP contribution in [0, 0.1) is 0 Å². The molecular formula is C16H13N3O2. The van der Waals surface area contributed by atoms with Crippen LogP contribution in [0.25, 0.3) is 11.1 Å². The molecule has 0 aliphatic rings. The molecule has 0 fully saturated rings. The smallest absolute Gasteiger partial charge is 0.253 e. The number of amides is 1. The number of aromatic nitrogens is 2. The number of hydrogen-bond acceptors (Lipinski definition) is 4. The Bertz CT molecular complexity index is 724. The largest absolute Gasteiger partial charge is 0.467 e. The highest BCUT2D eigenvalue weighted by atomic mass is 16.3. The van der Waals surface area contributed by atoms with Crippen molar-refractivity contribution in [3.8, 4) is 11.1 Å². The summed E-state index contributed by atoms with van der Waals surface area (Å²) in [5, 5.41) is 2.79. The zero-order valence-corrected chi connectivity index (χ0v) is 11.2. The van der Waals surface area contributed by atoms with E-state index in [0.29, 0.717) is 17.9 Å². The van der Waals surface area contributed by atoms with Crippen LogP contribution in [0.3, 0.4) is 0 Å². The maximum absolute atomic E-state index is 12.1. The second kappa shape index (κ2) is 6.00. The Kier molecular flexibility index (Phi) is 3.73. The number of carbonyl (C=O) groups excluding carboxylic acids is 1. The summed E-state index contributed by atoms with van der Waals surface area (Å²) < 4.78 is 5.17. The third-order valence-corrected chi connectivity index (χ3v) is 3.00. The lowest BCUT2D eigenvalue weighted by Gasteiger charge is -2.05. The maximum atomic E-state index is 12.1. The van der Waals surface area contributed by atoms with Gasteiger partial charge in [-0.05, 0) is 24.3 Å². The fourth-order valence-corrected chi connectivity index (χ4v) is 1.94. The predicted molar refractivity (Wildman–Crippen MR) is 77.3 cm³/mol. The summed E-state index contributed by atoms with van der Waals surface area (Å²) in [5.74, 6) is 0.518. The van der Waals surface area contributed by atoms with Crippen LogP contribution >= 0.6 is 0 Å². The lowest BCUT2D eigenvalue weighted by Crippen LogP contribution is -2.22. The van der Waals surface area contributed by atoms with Crippen LogP contribution in [0.5, 0.6) is 0 Å². The maximum Gasteiger partial charge on any atom is 0.253 e. The molecule has 3 heterocycles. The lowest BCUT2D eigenvalue weighted by molar-refractivity contribution is 0.0947. The Hall–Kier alpha value is -2.95. The molecule has 0 atom stereocenters. The van der Waals surface area contributed by atoms with Gasteiger partial charge in [0.25, 0.3) is 5.91 Å². The van der Waals surface area contributed by atoms with Gasteiger partial charge in [0.05, 0.1) is 18.4 Å². The molecule has 5 heteroatoms. The molecule has 1 N–H and O–H groups in total. The fourth-order valence-electron chi connectivity index (χ4n) is 1.94. The standard InChI is InChI=1S/C16H13N3O2/c20-16(19-11-15-4-2-6-21-15)14-7-13(9-18-10-14)12-3-1-5-17-8-12/h1-10H,11H2,(H,19,20). The Labute approximate surface area is 121 Å². The van der Waals surface area contributed by atoms with Crippen LogP contribution in [-0.2, 0) is 6.54 Å². The van der Waals surface area contributed by atoms with Crippen molar-refractivity contribution in [2.24, 2.45) is 0 Å². The second-order valence-corrected chi connectivity index (χ2v) is 4.47. The molecule has 0 bridgehead atoms. The van der Waals surface area contributed by atoms with Gasteiger partial charge in [0.1, 0.15) is 5.76 Å². The molecule has 0 radical (unpaired) electrons. The minimum Gasteiger partial charge on any atom is -0.467 e. The summed E-state index contributed by atoms with van der Waals surface area (Å²) in [6.45, 7) is 0.350. The number of carbonyl (C=O) groups is 1. The average molecular weight is 279 g/mol. The van der Waals surface area contributed by atoms with E-state index in [2.05, 4.69) is 15.3 Å². The van der Waals surface area contributed by atoms with Gasteiger partial charge in [-0.1, -0.05) is 6.07 Å². The molecule has 0 aromatic carbocycles. The topological polar surface area (TPSA) is 68.0 Å². The van der Waals surface area contributed by atoms with E-state index < -0.39 is 0 Å². The van der Waals surface area contributed by atoms with Gasteiger partial charge in [-0.2, -0.15) is 0 Å². The van der Waals surface area contributed by atoms with Crippen molar-refractivity contribution < 1.29 is 9.21 Å². The van der Waals surface area contributed by atoms with E-state index in [4.69, 9.17) is 4.42 Å². The minimum atomic E-state index is -0.190. The number of nitrogens with one attached hydrogen (secondary N) is 1. The predicted octanol–water partition coefficient (Wildman–Crippen LogP) is 2.67. The van der Waals surface area contributed by atoms with Crippen LogP contribution in [0.15, 0.2) is 65.8 Å². The molecule has 0 unspecified atom stereocenters. The van der Waals surface area contributed by atoms with Gasteiger partial charge in [-0.15, -0.1) is 0 Å². The first-order valence-corrected chi connectivity index (χ1v) is 6.49. The number of rotatable bonds is 4. The first-order valence-electron chi connectivity index (χ1n) is 6.49. The summed E-state index contributed by atoms with van der Waals surface area (Å²) in [6.07, 6.45) is 8.27. The molecule has 5 nitrogen and oxygen atoms in total. The van der Waals surface area contributed by atoms with Crippen LogP contribution in [0.4, 0.5) is 0 Å². The molecule has 0 saturated carbocycles. The first-order chi connectivity index (χ1) is 10.3. The number of pyridine rings is 2. The van der Waals surface area contributed by atoms with E-state index in [9.17, 15) is 4.79 Å². The van der Waals surface area contributed by atoms with E-state index in [1.54, 1.807) is 37.0 Å². The van der Waals surface area contributed by atoms with Crippen molar-refractivity contribution in [2.75, 3.05) is 0 Å². The van der Waals surface area contributed by atoms with Crippen molar-refractivity contribution in [3.63, 3.8) is 0 Å².